The lowest BCUT2D eigenvalue weighted by atomic mass is 9.98. The van der Waals surface area contributed by atoms with Crippen LogP contribution in [0.2, 0.25) is 5.02 Å². The van der Waals surface area contributed by atoms with E-state index in [1.54, 1.807) is 13.0 Å². The molecule has 5 heteroatoms. The maximum absolute atomic E-state index is 9.98. The van der Waals surface area contributed by atoms with Gasteiger partial charge in [-0.2, -0.15) is 0 Å². The number of nitrogens with two attached hydrogens (primary N) is 1. The van der Waals surface area contributed by atoms with Gasteiger partial charge in [0.05, 0.1) is 11.1 Å². The Bertz CT molecular complexity index is 420. The number of aliphatic hydroxyl groups is 1. The number of aliphatic hydroxyl groups excluding tert-OH is 1. The summed E-state index contributed by atoms with van der Waals surface area (Å²) in [6, 6.07) is 1.26. The Balaban J connectivity index is 2.54. The molecule has 2 rings (SSSR count). The summed E-state index contributed by atoms with van der Waals surface area (Å²) in [6.07, 6.45) is -0.804. The van der Waals surface area contributed by atoms with Gasteiger partial charge in [-0.05, 0) is 13.8 Å². The highest BCUT2D eigenvalue weighted by molar-refractivity contribution is 6.31. The predicted octanol–water partition coefficient (Wildman–Crippen LogP) is 1.76. The van der Waals surface area contributed by atoms with Crippen LogP contribution in [0.4, 0.5) is 0 Å². The Kier molecular flexibility index (Phi) is 2.97. The lowest BCUT2D eigenvalue weighted by Crippen LogP contribution is -2.25. The minimum Gasteiger partial charge on any atom is -0.454 e. The van der Waals surface area contributed by atoms with Crippen molar-refractivity contribution in [1.29, 1.82) is 0 Å². The molecule has 1 aromatic rings. The van der Waals surface area contributed by atoms with E-state index in [1.807, 2.05) is 6.92 Å². The van der Waals surface area contributed by atoms with Crippen molar-refractivity contribution in [3.63, 3.8) is 0 Å². The van der Waals surface area contributed by atoms with Crippen LogP contribution < -0.4 is 15.2 Å². The highest BCUT2D eigenvalue weighted by atomic mass is 35.5. The molecule has 0 bridgehead atoms. The maximum atomic E-state index is 9.98. The van der Waals surface area contributed by atoms with Crippen molar-refractivity contribution in [2.75, 3.05) is 6.79 Å². The predicted molar refractivity (Wildman–Crippen MR) is 60.9 cm³/mol. The molecule has 3 N–H and O–H groups in total. The minimum atomic E-state index is -0.804. The van der Waals surface area contributed by atoms with Gasteiger partial charge in [-0.25, -0.2) is 0 Å². The van der Waals surface area contributed by atoms with E-state index >= 15 is 0 Å². The molecule has 0 radical (unpaired) electrons. The van der Waals surface area contributed by atoms with E-state index < -0.39 is 12.1 Å². The number of rotatable bonds is 2. The molecular weight excluding hydrogens is 230 g/mol. The monoisotopic (exact) mass is 243 g/mol. The lowest BCUT2D eigenvalue weighted by molar-refractivity contribution is 0.151. The quantitative estimate of drug-likeness (QED) is 0.831. The van der Waals surface area contributed by atoms with E-state index in [2.05, 4.69) is 0 Å². The average Bonchev–Trinajstić information content (AvgIpc) is 2.65. The van der Waals surface area contributed by atoms with Gasteiger partial charge in [-0.1, -0.05) is 11.6 Å². The normalized spacial score (nSPS) is 17.3. The molecule has 1 heterocycles. The first-order valence-electron chi connectivity index (χ1n) is 5.04. The summed E-state index contributed by atoms with van der Waals surface area (Å²) >= 11 is 6.10. The van der Waals surface area contributed by atoms with Crippen molar-refractivity contribution in [3.8, 4) is 11.5 Å². The second-order valence-electron chi connectivity index (χ2n) is 3.93. The van der Waals surface area contributed by atoms with Gasteiger partial charge >= 0.3 is 0 Å². The Labute approximate surface area is 98.9 Å². The van der Waals surface area contributed by atoms with Crippen LogP contribution in [0.15, 0.2) is 6.07 Å². The van der Waals surface area contributed by atoms with Gasteiger partial charge < -0.3 is 20.3 Å². The molecule has 4 nitrogen and oxygen atoms in total. The fourth-order valence-corrected chi connectivity index (χ4v) is 2.16. The zero-order chi connectivity index (χ0) is 11.9. The van der Waals surface area contributed by atoms with Gasteiger partial charge in [-0.3, -0.25) is 0 Å². The Morgan fingerprint density at radius 1 is 1.50 bits per heavy atom. The molecule has 2 unspecified atom stereocenters. The topological polar surface area (TPSA) is 64.7 Å². The maximum Gasteiger partial charge on any atom is 0.231 e. The number of halogens is 1. The van der Waals surface area contributed by atoms with Crippen LogP contribution >= 0.6 is 11.6 Å². The van der Waals surface area contributed by atoms with E-state index in [0.717, 1.165) is 5.56 Å². The second kappa shape index (κ2) is 4.13. The molecule has 1 aliphatic heterocycles. The van der Waals surface area contributed by atoms with Gasteiger partial charge in [0.15, 0.2) is 11.5 Å². The Morgan fingerprint density at radius 2 is 2.19 bits per heavy atom. The van der Waals surface area contributed by atoms with Crippen molar-refractivity contribution < 1.29 is 14.6 Å². The van der Waals surface area contributed by atoms with Gasteiger partial charge in [0.2, 0.25) is 6.79 Å². The molecule has 0 saturated carbocycles. The largest absolute Gasteiger partial charge is 0.454 e. The fraction of sp³-hybridized carbons (Fsp3) is 0.455. The zero-order valence-corrected chi connectivity index (χ0v) is 9.91. The van der Waals surface area contributed by atoms with Gasteiger partial charge in [-0.15, -0.1) is 0 Å². The summed E-state index contributed by atoms with van der Waals surface area (Å²) in [5, 5.41) is 10.4. The molecule has 16 heavy (non-hydrogen) atoms. The molecule has 1 aliphatic rings. The SMILES string of the molecule is Cc1c2c(cc(Cl)c1C(O)C(C)N)OCO2. The molecule has 0 fully saturated rings. The Morgan fingerprint density at radius 3 is 2.81 bits per heavy atom. The molecule has 1 aromatic carbocycles. The average molecular weight is 244 g/mol. The van der Waals surface area contributed by atoms with Crippen molar-refractivity contribution >= 4 is 11.6 Å². The Hall–Kier alpha value is -0.970. The molecule has 0 aromatic heterocycles. The number of fused-ring (bicyclic) bond motifs is 1. The third-order valence-electron chi connectivity index (χ3n) is 2.69. The zero-order valence-electron chi connectivity index (χ0n) is 9.16. The first-order valence-corrected chi connectivity index (χ1v) is 5.42. The van der Waals surface area contributed by atoms with Crippen LogP contribution in [0, 0.1) is 6.92 Å². The number of hydrogen-bond acceptors (Lipinski definition) is 4. The highest BCUT2D eigenvalue weighted by Gasteiger charge is 2.26. The molecule has 2 atom stereocenters. The third-order valence-corrected chi connectivity index (χ3v) is 3.01. The van der Waals surface area contributed by atoms with Crippen molar-refractivity contribution in [1.82, 2.24) is 0 Å². The summed E-state index contributed by atoms with van der Waals surface area (Å²) < 4.78 is 10.6. The first-order chi connectivity index (χ1) is 7.52. The summed E-state index contributed by atoms with van der Waals surface area (Å²) in [5.74, 6) is 1.25. The summed E-state index contributed by atoms with van der Waals surface area (Å²) in [4.78, 5) is 0. The highest BCUT2D eigenvalue weighted by Crippen LogP contribution is 2.43. The molecular formula is C11H14ClNO3. The van der Waals surface area contributed by atoms with Gasteiger partial charge in [0.1, 0.15) is 0 Å². The fourth-order valence-electron chi connectivity index (χ4n) is 1.81. The van der Waals surface area contributed by atoms with Crippen molar-refractivity contribution in [2.45, 2.75) is 26.0 Å². The van der Waals surface area contributed by atoms with Crippen LogP contribution in [0.5, 0.6) is 11.5 Å². The lowest BCUT2D eigenvalue weighted by Gasteiger charge is -2.19. The van der Waals surface area contributed by atoms with Gasteiger partial charge in [0.25, 0.3) is 0 Å². The molecule has 0 spiro atoms. The minimum absolute atomic E-state index is 0.185. The van der Waals surface area contributed by atoms with Gasteiger partial charge in [0, 0.05) is 23.2 Å². The summed E-state index contributed by atoms with van der Waals surface area (Å²) in [7, 11) is 0. The van der Waals surface area contributed by atoms with Crippen LogP contribution in [-0.2, 0) is 0 Å². The number of hydrogen-bond donors (Lipinski definition) is 2. The summed E-state index contributed by atoms with van der Waals surface area (Å²) in [5.41, 5.74) is 7.06. The van der Waals surface area contributed by atoms with E-state index in [4.69, 9.17) is 26.8 Å². The van der Waals surface area contributed by atoms with Crippen molar-refractivity contribution in [3.05, 3.63) is 22.2 Å². The van der Waals surface area contributed by atoms with Crippen molar-refractivity contribution in [2.24, 2.45) is 5.73 Å². The molecule has 0 aliphatic carbocycles. The van der Waals surface area contributed by atoms with Crippen LogP contribution in [-0.4, -0.2) is 17.9 Å². The molecule has 0 saturated heterocycles. The van der Waals surface area contributed by atoms with Crippen LogP contribution in [0.1, 0.15) is 24.2 Å². The van der Waals surface area contributed by atoms with Crippen LogP contribution in [0.3, 0.4) is 0 Å². The van der Waals surface area contributed by atoms with Crippen LogP contribution in [0.25, 0.3) is 0 Å². The third kappa shape index (κ3) is 1.73. The van der Waals surface area contributed by atoms with E-state index in [9.17, 15) is 5.11 Å². The second-order valence-corrected chi connectivity index (χ2v) is 4.34. The standard InChI is InChI=1S/C11H14ClNO3/c1-5-9(10(14)6(2)13)7(12)3-8-11(5)16-4-15-8/h3,6,10,14H,4,13H2,1-2H3. The first kappa shape index (κ1) is 11.5. The number of ether oxygens (including phenoxy) is 2. The van der Waals surface area contributed by atoms with E-state index in [1.165, 1.54) is 0 Å². The molecule has 88 valence electrons. The smallest absolute Gasteiger partial charge is 0.231 e. The molecule has 0 amide bonds. The van der Waals surface area contributed by atoms with E-state index in [0.29, 0.717) is 22.1 Å². The summed E-state index contributed by atoms with van der Waals surface area (Å²) in [6.45, 7) is 3.75. The van der Waals surface area contributed by atoms with E-state index in [-0.39, 0.29) is 6.79 Å². The number of benzene rings is 1.